The Hall–Kier alpha value is -0.300. The highest BCUT2D eigenvalue weighted by atomic mass is 32.1. The second-order valence-electron chi connectivity index (χ2n) is 1.60. The highest BCUT2D eigenvalue weighted by molar-refractivity contribution is 7.66. The second kappa shape index (κ2) is 5.48. The van der Waals surface area contributed by atoms with Gasteiger partial charge in [0.05, 0.1) is 9.98 Å². The molecule has 0 spiro atoms. The van der Waals surface area contributed by atoms with Gasteiger partial charge in [0.1, 0.15) is 22.5 Å². The molecular weight excluding hydrogens is 172 g/mol. The van der Waals surface area contributed by atoms with Crippen LogP contribution in [0.25, 0.3) is 0 Å². The van der Waals surface area contributed by atoms with Crippen molar-refractivity contribution in [1.82, 2.24) is 0 Å². The largest absolute Gasteiger partial charge is 0.295 e. The fourth-order valence-electron chi connectivity index (χ4n) is 0.330. The van der Waals surface area contributed by atoms with Gasteiger partial charge < -0.3 is 0 Å². The first-order valence-corrected chi connectivity index (χ1v) is 4.01. The molecule has 4 nitrogen and oxygen atoms in total. The van der Waals surface area contributed by atoms with E-state index in [1.807, 2.05) is 0 Å². The normalized spacial score (nSPS) is 8.60. The molecule has 0 heterocycles. The lowest BCUT2D eigenvalue weighted by molar-refractivity contribution is 0.699. The minimum atomic E-state index is 0.242. The molecule has 0 unspecified atom stereocenters. The van der Waals surface area contributed by atoms with Crippen LogP contribution < -0.4 is 11.5 Å². The molecule has 58 valence electrons. The highest BCUT2D eigenvalue weighted by Crippen LogP contribution is 1.84. The summed E-state index contributed by atoms with van der Waals surface area (Å²) in [5.74, 6) is 0. The summed E-state index contributed by atoms with van der Waals surface area (Å²) >= 11 is 0.483. The molecule has 0 atom stereocenters. The van der Waals surface area contributed by atoms with Crippen molar-refractivity contribution < 1.29 is 8.42 Å². The molecule has 0 amide bonds. The lowest BCUT2D eigenvalue weighted by atomic mass is 10.3. The topological polar surface area (TPSA) is 86.2 Å². The van der Waals surface area contributed by atoms with Crippen molar-refractivity contribution >= 4 is 32.5 Å². The van der Waals surface area contributed by atoms with E-state index < -0.39 is 0 Å². The van der Waals surface area contributed by atoms with Crippen LogP contribution in [0.5, 0.6) is 0 Å². The molecule has 0 radical (unpaired) electrons. The summed E-state index contributed by atoms with van der Waals surface area (Å²) in [4.78, 5) is 0.522. The van der Waals surface area contributed by atoms with Gasteiger partial charge in [-0.25, -0.2) is 8.42 Å². The van der Waals surface area contributed by atoms with Crippen LogP contribution in [0, 0.1) is 0 Å². The predicted octanol–water partition coefficient (Wildman–Crippen LogP) is -1.63. The Bertz CT molecular complexity index is 191. The molecular formula is C4H8N2O2S2. The molecule has 0 rings (SSSR count). The summed E-state index contributed by atoms with van der Waals surface area (Å²) in [6.07, 6.45) is 0.768. The first-order chi connectivity index (χ1) is 4.70. The van der Waals surface area contributed by atoms with E-state index in [9.17, 15) is 8.42 Å². The molecule has 0 aromatic rings. The maximum atomic E-state index is 9.95. The van der Waals surface area contributed by atoms with Gasteiger partial charge in [-0.3, -0.25) is 11.5 Å². The van der Waals surface area contributed by atoms with Gasteiger partial charge in [0.15, 0.2) is 0 Å². The van der Waals surface area contributed by atoms with Crippen molar-refractivity contribution in [3.05, 3.63) is 0 Å². The van der Waals surface area contributed by atoms with E-state index in [-0.39, 0.29) is 32.5 Å². The molecule has 0 aliphatic carbocycles. The monoisotopic (exact) mass is 180 g/mol. The smallest absolute Gasteiger partial charge is 0.104 e. The van der Waals surface area contributed by atoms with Crippen molar-refractivity contribution in [2.45, 2.75) is 12.8 Å². The minimum absolute atomic E-state index is 0.242. The number of hydrogen-bond donors (Lipinski definition) is 2. The minimum Gasteiger partial charge on any atom is -0.295 e. The van der Waals surface area contributed by atoms with Gasteiger partial charge in [-0.2, -0.15) is 0 Å². The Balaban J connectivity index is 3.77. The van der Waals surface area contributed by atoms with Crippen LogP contribution in [0.1, 0.15) is 12.8 Å². The van der Waals surface area contributed by atoms with Crippen LogP contribution in [-0.4, -0.2) is 18.4 Å². The molecule has 0 aromatic carbocycles. The summed E-state index contributed by atoms with van der Waals surface area (Å²) < 4.78 is 19.9. The van der Waals surface area contributed by atoms with Gasteiger partial charge in [-0.15, -0.1) is 0 Å². The zero-order valence-electron chi connectivity index (χ0n) is 5.20. The SMILES string of the molecule is NC(CCC(N)=S=O)=S=O. The van der Waals surface area contributed by atoms with Crippen LogP contribution in [0.4, 0.5) is 0 Å². The van der Waals surface area contributed by atoms with Crippen LogP contribution in [0.3, 0.4) is 0 Å². The van der Waals surface area contributed by atoms with Crippen molar-refractivity contribution in [2.75, 3.05) is 0 Å². The lowest BCUT2D eigenvalue weighted by Crippen LogP contribution is -2.17. The van der Waals surface area contributed by atoms with E-state index in [2.05, 4.69) is 0 Å². The fraction of sp³-hybridized carbons (Fsp3) is 0.500. The lowest BCUT2D eigenvalue weighted by Gasteiger charge is -1.91. The summed E-state index contributed by atoms with van der Waals surface area (Å²) in [7, 11) is 0. The first kappa shape index (κ1) is 9.70. The van der Waals surface area contributed by atoms with Crippen molar-refractivity contribution in [1.29, 1.82) is 0 Å². The molecule has 10 heavy (non-hydrogen) atoms. The third kappa shape index (κ3) is 4.57. The fourth-order valence-corrected chi connectivity index (χ4v) is 0.701. The standard InChI is InChI=1S/C4H8N2O2S2/c5-3(9-7)1-2-4(6)10-8/h1-2,5-6H2. The second-order valence-corrected chi connectivity index (χ2v) is 2.98. The molecule has 0 saturated carbocycles. The van der Waals surface area contributed by atoms with Gasteiger partial charge >= 0.3 is 0 Å². The van der Waals surface area contributed by atoms with E-state index in [4.69, 9.17) is 11.5 Å². The molecule has 0 aliphatic heterocycles. The molecule has 0 saturated heterocycles. The summed E-state index contributed by atoms with van der Waals surface area (Å²) in [6, 6.07) is 0. The molecule has 0 bridgehead atoms. The van der Waals surface area contributed by atoms with E-state index in [0.717, 1.165) is 0 Å². The van der Waals surface area contributed by atoms with Crippen molar-refractivity contribution in [3.63, 3.8) is 0 Å². The van der Waals surface area contributed by atoms with Crippen molar-refractivity contribution in [3.8, 4) is 0 Å². The highest BCUT2D eigenvalue weighted by Gasteiger charge is 1.93. The van der Waals surface area contributed by atoms with Crippen LogP contribution in [0.2, 0.25) is 0 Å². The zero-order chi connectivity index (χ0) is 7.98. The van der Waals surface area contributed by atoms with E-state index >= 15 is 0 Å². The molecule has 0 fully saturated rings. The van der Waals surface area contributed by atoms with Gasteiger partial charge in [0.25, 0.3) is 0 Å². The van der Waals surface area contributed by atoms with Crippen LogP contribution >= 0.6 is 0 Å². The number of nitrogens with two attached hydrogens (primary N) is 2. The molecule has 0 aromatic heterocycles. The first-order valence-electron chi connectivity index (χ1n) is 2.53. The Labute approximate surface area is 65.7 Å². The average molecular weight is 180 g/mol. The van der Waals surface area contributed by atoms with Gasteiger partial charge in [-0.05, 0) is 0 Å². The zero-order valence-corrected chi connectivity index (χ0v) is 6.83. The van der Waals surface area contributed by atoms with Gasteiger partial charge in [0, 0.05) is 12.8 Å². The third-order valence-corrected chi connectivity index (χ3v) is 1.67. The summed E-state index contributed by atoms with van der Waals surface area (Å²) in [6.45, 7) is 0. The van der Waals surface area contributed by atoms with Gasteiger partial charge in [-0.1, -0.05) is 0 Å². The van der Waals surface area contributed by atoms with E-state index in [1.165, 1.54) is 0 Å². The Morgan fingerprint density at radius 1 is 1.00 bits per heavy atom. The maximum Gasteiger partial charge on any atom is 0.104 e. The van der Waals surface area contributed by atoms with Crippen molar-refractivity contribution in [2.24, 2.45) is 11.5 Å². The van der Waals surface area contributed by atoms with E-state index in [1.54, 1.807) is 0 Å². The Morgan fingerprint density at radius 2 is 1.30 bits per heavy atom. The summed E-state index contributed by atoms with van der Waals surface area (Å²) in [5, 5.41) is 0. The number of rotatable bonds is 3. The van der Waals surface area contributed by atoms with Crippen LogP contribution in [-0.2, 0) is 22.5 Å². The predicted molar refractivity (Wildman–Crippen MR) is 43.9 cm³/mol. The molecule has 6 heteroatoms. The number of hydrogen-bond acceptors (Lipinski definition) is 2. The quantitative estimate of drug-likeness (QED) is 0.511. The average Bonchev–Trinajstić information content (AvgIpc) is 1.99. The molecule has 0 aliphatic rings. The van der Waals surface area contributed by atoms with E-state index in [0.29, 0.717) is 12.8 Å². The Morgan fingerprint density at radius 3 is 1.50 bits per heavy atom. The Kier molecular flexibility index (Phi) is 5.32. The molecule has 4 N–H and O–H groups in total. The maximum absolute atomic E-state index is 9.95. The summed E-state index contributed by atoms with van der Waals surface area (Å²) in [5.41, 5.74) is 10.3. The third-order valence-electron chi connectivity index (χ3n) is 0.832. The van der Waals surface area contributed by atoms with Crippen LogP contribution in [0.15, 0.2) is 0 Å². The van der Waals surface area contributed by atoms with Gasteiger partial charge in [0.2, 0.25) is 0 Å².